The molecule has 2 saturated carbocycles. The summed E-state index contributed by atoms with van der Waals surface area (Å²) in [7, 11) is 0. The number of carbonyl (C=O) groups is 3. The average molecular weight is 324 g/mol. The van der Waals surface area contributed by atoms with Crippen LogP contribution in [0.5, 0.6) is 0 Å². The number of likely N-dealkylation sites (tertiary alicyclic amines) is 1. The van der Waals surface area contributed by atoms with E-state index in [1.165, 1.54) is 0 Å². The van der Waals surface area contributed by atoms with Gasteiger partial charge in [0.15, 0.2) is 0 Å². The number of hydrogen-bond acceptors (Lipinski definition) is 4. The van der Waals surface area contributed by atoms with Gasteiger partial charge in [-0.3, -0.25) is 9.59 Å². The molecule has 128 valence electrons. The summed E-state index contributed by atoms with van der Waals surface area (Å²) < 4.78 is 4.79. The van der Waals surface area contributed by atoms with E-state index in [4.69, 9.17) is 9.84 Å². The molecule has 0 aromatic heterocycles. The zero-order valence-corrected chi connectivity index (χ0v) is 13.4. The maximum absolute atomic E-state index is 12.2. The van der Waals surface area contributed by atoms with E-state index in [9.17, 15) is 14.4 Å². The fourth-order valence-electron chi connectivity index (χ4n) is 4.23. The quantitative estimate of drug-likeness (QED) is 0.699. The molecular weight excluding hydrogens is 300 g/mol. The first-order valence-corrected chi connectivity index (χ1v) is 8.34. The van der Waals surface area contributed by atoms with Gasteiger partial charge in [-0.15, -0.1) is 0 Å². The molecule has 7 heteroatoms. The van der Waals surface area contributed by atoms with Crippen LogP contribution in [-0.2, 0) is 19.1 Å². The molecule has 0 unspecified atom stereocenters. The molecule has 1 aliphatic heterocycles. The summed E-state index contributed by atoms with van der Waals surface area (Å²) in [5.74, 6) is -0.00969. The number of fused-ring (bicyclic) bond motifs is 1. The maximum atomic E-state index is 12.2. The number of carboxylic acid groups (broad SMARTS) is 1. The van der Waals surface area contributed by atoms with E-state index in [-0.39, 0.29) is 18.4 Å². The zero-order valence-electron chi connectivity index (χ0n) is 13.4. The first-order chi connectivity index (χ1) is 11.0. The molecule has 23 heavy (non-hydrogen) atoms. The molecule has 2 amide bonds. The number of rotatable bonds is 7. The summed E-state index contributed by atoms with van der Waals surface area (Å²) in [4.78, 5) is 36.4. The monoisotopic (exact) mass is 324 g/mol. The summed E-state index contributed by atoms with van der Waals surface area (Å²) in [5.41, 5.74) is 0. The highest BCUT2D eigenvalue weighted by atomic mass is 16.5. The lowest BCUT2D eigenvalue weighted by molar-refractivity contribution is -0.143. The molecular formula is C16H24N2O5. The van der Waals surface area contributed by atoms with Gasteiger partial charge in [-0.25, -0.2) is 4.79 Å². The van der Waals surface area contributed by atoms with E-state index in [1.54, 1.807) is 0 Å². The van der Waals surface area contributed by atoms with Gasteiger partial charge in [0.25, 0.3) is 0 Å². The number of nitrogens with zero attached hydrogens (tertiary/aromatic N) is 1. The summed E-state index contributed by atoms with van der Waals surface area (Å²) in [5, 5.41) is 11.3. The maximum Gasteiger partial charge on any atom is 0.329 e. The van der Waals surface area contributed by atoms with Gasteiger partial charge in [0.2, 0.25) is 11.8 Å². The van der Waals surface area contributed by atoms with Crippen molar-refractivity contribution in [3.8, 4) is 0 Å². The predicted molar refractivity (Wildman–Crippen MR) is 80.5 cm³/mol. The van der Waals surface area contributed by atoms with Crippen molar-refractivity contribution in [2.45, 2.75) is 44.7 Å². The molecule has 0 aromatic rings. The van der Waals surface area contributed by atoms with Crippen LogP contribution in [0.4, 0.5) is 0 Å². The highest BCUT2D eigenvalue weighted by Gasteiger charge is 2.53. The normalized spacial score (nSPS) is 32.9. The van der Waals surface area contributed by atoms with Crippen molar-refractivity contribution in [2.75, 3.05) is 19.8 Å². The molecule has 0 aromatic carbocycles. The highest BCUT2D eigenvalue weighted by Crippen LogP contribution is 2.49. The Morgan fingerprint density at radius 2 is 2.09 bits per heavy atom. The molecule has 2 aliphatic carbocycles. The van der Waals surface area contributed by atoms with Crippen LogP contribution in [0, 0.1) is 17.8 Å². The summed E-state index contributed by atoms with van der Waals surface area (Å²) in [6.45, 7) is 2.01. The fraction of sp³-hybridized carbons (Fsp3) is 0.812. The van der Waals surface area contributed by atoms with Crippen molar-refractivity contribution >= 4 is 17.8 Å². The summed E-state index contributed by atoms with van der Waals surface area (Å²) in [6, 6.07) is 0.803. The van der Waals surface area contributed by atoms with Crippen molar-refractivity contribution in [3.63, 3.8) is 0 Å². The summed E-state index contributed by atoms with van der Waals surface area (Å²) in [6.07, 6.45) is 3.88. The lowest BCUT2D eigenvalue weighted by Gasteiger charge is -2.24. The van der Waals surface area contributed by atoms with Gasteiger partial charge in [-0.2, -0.15) is 0 Å². The first kappa shape index (κ1) is 16.2. The van der Waals surface area contributed by atoms with Gasteiger partial charge in [0.1, 0.15) is 13.2 Å². The zero-order chi connectivity index (χ0) is 16.6. The van der Waals surface area contributed by atoms with Gasteiger partial charge in [0, 0.05) is 25.0 Å². The largest absolute Gasteiger partial charge is 0.480 e. The van der Waals surface area contributed by atoms with Crippen LogP contribution < -0.4 is 5.32 Å². The van der Waals surface area contributed by atoms with E-state index >= 15 is 0 Å². The second-order valence-electron chi connectivity index (χ2n) is 7.03. The van der Waals surface area contributed by atoms with E-state index in [0.717, 1.165) is 19.3 Å². The third kappa shape index (κ3) is 3.49. The Kier molecular flexibility index (Phi) is 4.57. The summed E-state index contributed by atoms with van der Waals surface area (Å²) >= 11 is 0. The van der Waals surface area contributed by atoms with E-state index in [2.05, 4.69) is 17.1 Å². The van der Waals surface area contributed by atoms with E-state index in [0.29, 0.717) is 42.8 Å². The van der Waals surface area contributed by atoms with E-state index < -0.39 is 12.6 Å². The van der Waals surface area contributed by atoms with Crippen molar-refractivity contribution in [2.24, 2.45) is 17.8 Å². The van der Waals surface area contributed by atoms with E-state index in [1.807, 2.05) is 0 Å². The predicted octanol–water partition coefficient (Wildman–Crippen LogP) is 0.239. The number of hydrogen-bond donors (Lipinski definition) is 2. The van der Waals surface area contributed by atoms with Crippen LogP contribution in [0.15, 0.2) is 0 Å². The Bertz CT molecular complexity index is 505. The fourth-order valence-corrected chi connectivity index (χ4v) is 4.23. The molecule has 1 saturated heterocycles. The van der Waals surface area contributed by atoms with Crippen molar-refractivity contribution in [3.05, 3.63) is 0 Å². The minimum atomic E-state index is -1.09. The molecule has 7 nitrogen and oxygen atoms in total. The standard InChI is InChI=1S/C16H24N2O5/c1-9-4-13-11(5-15(20)18(13)10-2-3-10)12(9)6-17-14(19)7-23-8-16(21)22/h9-13H,2-8H2,1H3,(H,17,19)(H,21,22)/t9-,11-,12+,13+/m0/s1. The second kappa shape index (κ2) is 6.47. The van der Waals surface area contributed by atoms with Gasteiger partial charge < -0.3 is 20.1 Å². The van der Waals surface area contributed by atoms with Crippen molar-refractivity contribution in [1.82, 2.24) is 10.2 Å². The minimum Gasteiger partial charge on any atom is -0.480 e. The highest BCUT2D eigenvalue weighted by molar-refractivity contribution is 5.80. The Hall–Kier alpha value is -1.63. The van der Waals surface area contributed by atoms with Crippen molar-refractivity contribution < 1.29 is 24.2 Å². The van der Waals surface area contributed by atoms with Crippen LogP contribution in [0.25, 0.3) is 0 Å². The smallest absolute Gasteiger partial charge is 0.329 e. The lowest BCUT2D eigenvalue weighted by atomic mass is 9.88. The number of ether oxygens (including phenoxy) is 1. The Morgan fingerprint density at radius 1 is 1.35 bits per heavy atom. The molecule has 3 aliphatic rings. The van der Waals surface area contributed by atoms with Crippen LogP contribution in [0.1, 0.15) is 32.6 Å². The molecule has 4 atom stereocenters. The van der Waals surface area contributed by atoms with Gasteiger partial charge in [-0.1, -0.05) is 6.92 Å². The molecule has 0 spiro atoms. The molecule has 3 rings (SSSR count). The molecule has 3 fully saturated rings. The molecule has 0 radical (unpaired) electrons. The van der Waals surface area contributed by atoms with Gasteiger partial charge in [-0.05, 0) is 37.0 Å². The topological polar surface area (TPSA) is 95.9 Å². The average Bonchev–Trinajstić information content (AvgIpc) is 3.18. The van der Waals surface area contributed by atoms with Gasteiger partial charge >= 0.3 is 5.97 Å². The van der Waals surface area contributed by atoms with Crippen LogP contribution in [-0.4, -0.2) is 59.6 Å². The number of amides is 2. The van der Waals surface area contributed by atoms with Gasteiger partial charge in [0.05, 0.1) is 0 Å². The van der Waals surface area contributed by atoms with Crippen LogP contribution >= 0.6 is 0 Å². The number of aliphatic carboxylic acids is 1. The van der Waals surface area contributed by atoms with Crippen LogP contribution in [0.3, 0.4) is 0 Å². The third-order valence-corrected chi connectivity index (χ3v) is 5.38. The Labute approximate surface area is 135 Å². The minimum absolute atomic E-state index is 0.241. The van der Waals surface area contributed by atoms with Crippen molar-refractivity contribution in [1.29, 1.82) is 0 Å². The second-order valence-corrected chi connectivity index (χ2v) is 7.03. The number of carboxylic acids is 1. The number of carbonyl (C=O) groups excluding carboxylic acids is 2. The molecule has 2 N–H and O–H groups in total. The Balaban J connectivity index is 1.49. The Morgan fingerprint density at radius 3 is 2.74 bits per heavy atom. The number of nitrogens with one attached hydrogen (secondary N) is 1. The SMILES string of the molecule is C[C@H]1C[C@@H]2[C@@H](CC(=O)N2C2CC2)[C@@H]1CNC(=O)COCC(=O)O. The third-order valence-electron chi connectivity index (χ3n) is 5.38. The molecule has 1 heterocycles. The lowest BCUT2D eigenvalue weighted by Crippen LogP contribution is -2.37. The van der Waals surface area contributed by atoms with Crippen LogP contribution in [0.2, 0.25) is 0 Å². The first-order valence-electron chi connectivity index (χ1n) is 8.34. The molecule has 0 bridgehead atoms.